The Kier molecular flexibility index (Phi) is 5.19. The molecule has 5 nitrogen and oxygen atoms in total. The monoisotopic (exact) mass is 336 g/mol. The Balaban J connectivity index is 1.64. The summed E-state index contributed by atoms with van der Waals surface area (Å²) in [6.07, 6.45) is 6.88. The Bertz CT molecular complexity index is 538. The Hall–Kier alpha value is -1.17. The molecule has 1 aromatic heterocycles. The minimum Gasteiger partial charge on any atom is -0.361 e. The summed E-state index contributed by atoms with van der Waals surface area (Å²) in [5, 5.41) is 7.54. The van der Waals surface area contributed by atoms with E-state index >= 15 is 0 Å². The highest BCUT2D eigenvalue weighted by Crippen LogP contribution is 2.42. The second kappa shape index (κ2) is 7.16. The van der Waals surface area contributed by atoms with Crippen LogP contribution in [0.1, 0.15) is 49.1 Å². The second-order valence-electron chi connectivity index (χ2n) is 6.72. The second-order valence-corrected chi connectivity index (χ2v) is 8.28. The molecular weight excluding hydrogens is 308 g/mol. The van der Waals surface area contributed by atoms with Crippen LogP contribution in [0.5, 0.6) is 0 Å². The van der Waals surface area contributed by atoms with E-state index in [4.69, 9.17) is 4.52 Å². The van der Waals surface area contributed by atoms with Crippen molar-refractivity contribution in [3.63, 3.8) is 0 Å². The maximum absolute atomic E-state index is 5.25. The SMILES string of the molecule is CN=C(NCc1c(C)noc1C)N1CCSC2(CCCCC2)C1. The van der Waals surface area contributed by atoms with Gasteiger partial charge in [-0.15, -0.1) is 0 Å². The lowest BCUT2D eigenvalue weighted by molar-refractivity contribution is 0.293. The van der Waals surface area contributed by atoms with E-state index in [-0.39, 0.29) is 0 Å². The fraction of sp³-hybridized carbons (Fsp3) is 0.765. The smallest absolute Gasteiger partial charge is 0.193 e. The normalized spacial score (nSPS) is 21.7. The minimum atomic E-state index is 0.456. The van der Waals surface area contributed by atoms with E-state index in [0.29, 0.717) is 4.75 Å². The van der Waals surface area contributed by atoms with Crippen molar-refractivity contribution in [1.82, 2.24) is 15.4 Å². The zero-order valence-electron chi connectivity index (χ0n) is 14.5. The molecule has 1 spiro atoms. The van der Waals surface area contributed by atoms with Crippen LogP contribution >= 0.6 is 11.8 Å². The van der Waals surface area contributed by atoms with Crippen LogP contribution in [-0.2, 0) is 6.54 Å². The van der Waals surface area contributed by atoms with Crippen LogP contribution in [-0.4, -0.2) is 46.7 Å². The highest BCUT2D eigenvalue weighted by Gasteiger charge is 2.38. The summed E-state index contributed by atoms with van der Waals surface area (Å²) in [7, 11) is 1.88. The molecule has 0 unspecified atom stereocenters. The van der Waals surface area contributed by atoms with Gasteiger partial charge in [0, 0.05) is 42.7 Å². The molecule has 0 bridgehead atoms. The average molecular weight is 337 g/mol. The Morgan fingerprint density at radius 1 is 1.35 bits per heavy atom. The van der Waals surface area contributed by atoms with Crippen molar-refractivity contribution in [3.05, 3.63) is 17.0 Å². The van der Waals surface area contributed by atoms with Gasteiger partial charge in [0.2, 0.25) is 0 Å². The van der Waals surface area contributed by atoms with Gasteiger partial charge in [0.25, 0.3) is 0 Å². The first-order valence-electron chi connectivity index (χ1n) is 8.65. The molecule has 0 atom stereocenters. The molecule has 2 aliphatic rings. The van der Waals surface area contributed by atoms with Gasteiger partial charge in [-0.05, 0) is 26.7 Å². The summed E-state index contributed by atoms with van der Waals surface area (Å²) in [5.74, 6) is 3.10. The lowest BCUT2D eigenvalue weighted by atomic mass is 9.87. The molecule has 2 fully saturated rings. The molecule has 0 amide bonds. The number of nitrogens with zero attached hydrogens (tertiary/aromatic N) is 3. The average Bonchev–Trinajstić information content (AvgIpc) is 2.88. The summed E-state index contributed by atoms with van der Waals surface area (Å²) in [5.41, 5.74) is 2.10. The molecule has 3 rings (SSSR count). The van der Waals surface area contributed by atoms with Crippen LogP contribution < -0.4 is 5.32 Å². The van der Waals surface area contributed by atoms with Crippen molar-refractivity contribution < 1.29 is 4.52 Å². The van der Waals surface area contributed by atoms with Gasteiger partial charge >= 0.3 is 0 Å². The van der Waals surface area contributed by atoms with Crippen molar-refractivity contribution in [2.24, 2.45) is 4.99 Å². The van der Waals surface area contributed by atoms with Gasteiger partial charge in [-0.3, -0.25) is 4.99 Å². The molecule has 2 heterocycles. The molecule has 128 valence electrons. The minimum absolute atomic E-state index is 0.456. The predicted molar refractivity (Wildman–Crippen MR) is 96.0 cm³/mol. The van der Waals surface area contributed by atoms with E-state index in [1.807, 2.05) is 20.9 Å². The van der Waals surface area contributed by atoms with E-state index < -0.39 is 0 Å². The molecular formula is C17H28N4OS. The number of aliphatic imine (C=N–C) groups is 1. The van der Waals surface area contributed by atoms with Crippen molar-refractivity contribution in [3.8, 4) is 0 Å². The number of aryl methyl sites for hydroxylation is 2. The number of guanidine groups is 1. The molecule has 0 aromatic carbocycles. The van der Waals surface area contributed by atoms with Crippen molar-refractivity contribution in [2.45, 2.75) is 57.2 Å². The maximum atomic E-state index is 5.25. The molecule has 1 saturated carbocycles. The number of rotatable bonds is 2. The van der Waals surface area contributed by atoms with E-state index in [0.717, 1.165) is 42.6 Å². The quantitative estimate of drug-likeness (QED) is 0.664. The van der Waals surface area contributed by atoms with E-state index in [1.54, 1.807) is 0 Å². The van der Waals surface area contributed by atoms with Gasteiger partial charge in [0.15, 0.2) is 5.96 Å². The van der Waals surface area contributed by atoms with Gasteiger partial charge in [-0.1, -0.05) is 24.4 Å². The van der Waals surface area contributed by atoms with Crippen molar-refractivity contribution in [1.29, 1.82) is 0 Å². The zero-order chi connectivity index (χ0) is 16.3. The fourth-order valence-corrected chi connectivity index (χ4v) is 5.35. The number of nitrogens with one attached hydrogen (secondary N) is 1. The summed E-state index contributed by atoms with van der Waals surface area (Å²) >= 11 is 2.19. The number of hydrogen-bond donors (Lipinski definition) is 1. The summed E-state index contributed by atoms with van der Waals surface area (Å²) in [6, 6.07) is 0. The third-order valence-electron chi connectivity index (χ3n) is 5.13. The van der Waals surface area contributed by atoms with E-state index in [1.165, 1.54) is 37.9 Å². The molecule has 1 aromatic rings. The van der Waals surface area contributed by atoms with Gasteiger partial charge in [-0.25, -0.2) is 0 Å². The first-order valence-corrected chi connectivity index (χ1v) is 9.63. The Labute approximate surface area is 143 Å². The zero-order valence-corrected chi connectivity index (χ0v) is 15.3. The molecule has 6 heteroatoms. The third kappa shape index (κ3) is 3.67. The number of hydrogen-bond acceptors (Lipinski definition) is 4. The lowest BCUT2D eigenvalue weighted by Gasteiger charge is -2.45. The molecule has 1 saturated heterocycles. The van der Waals surface area contributed by atoms with Crippen LogP contribution in [0.15, 0.2) is 9.52 Å². The van der Waals surface area contributed by atoms with Gasteiger partial charge in [-0.2, -0.15) is 11.8 Å². The maximum Gasteiger partial charge on any atom is 0.193 e. The van der Waals surface area contributed by atoms with Gasteiger partial charge in [0.1, 0.15) is 5.76 Å². The van der Waals surface area contributed by atoms with Crippen LogP contribution in [0.2, 0.25) is 0 Å². The number of thioether (sulfide) groups is 1. The molecule has 1 aliphatic carbocycles. The highest BCUT2D eigenvalue weighted by molar-refractivity contribution is 8.00. The van der Waals surface area contributed by atoms with Gasteiger partial charge < -0.3 is 14.7 Å². The van der Waals surface area contributed by atoms with Crippen molar-refractivity contribution in [2.75, 3.05) is 25.9 Å². The summed E-state index contributed by atoms with van der Waals surface area (Å²) < 4.78 is 5.71. The Morgan fingerprint density at radius 2 is 2.13 bits per heavy atom. The Morgan fingerprint density at radius 3 is 2.78 bits per heavy atom. The first kappa shape index (κ1) is 16.7. The standard InChI is InChI=1S/C17H28N4OS/c1-13-15(14(2)22-20-13)11-19-16(18-3)21-9-10-23-17(12-21)7-5-4-6-8-17/h4-12H2,1-3H3,(H,18,19). The fourth-order valence-electron chi connectivity index (χ4n) is 3.78. The van der Waals surface area contributed by atoms with E-state index in [2.05, 4.69) is 32.1 Å². The third-order valence-corrected chi connectivity index (χ3v) is 6.67. The van der Waals surface area contributed by atoms with E-state index in [9.17, 15) is 0 Å². The van der Waals surface area contributed by atoms with Crippen LogP contribution in [0.3, 0.4) is 0 Å². The molecule has 23 heavy (non-hydrogen) atoms. The van der Waals surface area contributed by atoms with Crippen LogP contribution in [0.25, 0.3) is 0 Å². The van der Waals surface area contributed by atoms with Gasteiger partial charge in [0.05, 0.1) is 5.69 Å². The number of aromatic nitrogens is 1. The first-order chi connectivity index (χ1) is 11.1. The molecule has 1 aliphatic heterocycles. The van der Waals surface area contributed by atoms with Crippen molar-refractivity contribution >= 4 is 17.7 Å². The summed E-state index contributed by atoms with van der Waals surface area (Å²) in [6.45, 7) is 6.89. The largest absolute Gasteiger partial charge is 0.361 e. The van der Waals surface area contributed by atoms with Crippen LogP contribution in [0, 0.1) is 13.8 Å². The highest BCUT2D eigenvalue weighted by atomic mass is 32.2. The van der Waals surface area contributed by atoms with Crippen LogP contribution in [0.4, 0.5) is 0 Å². The predicted octanol–water partition coefficient (Wildman–Crippen LogP) is 3.12. The summed E-state index contributed by atoms with van der Waals surface area (Å²) in [4.78, 5) is 6.96. The molecule has 1 N–H and O–H groups in total. The molecule has 0 radical (unpaired) electrons. The topological polar surface area (TPSA) is 53.7 Å². The lowest BCUT2D eigenvalue weighted by Crippen LogP contribution is -2.53.